The fourth-order valence-corrected chi connectivity index (χ4v) is 4.18. The molecular formula is C20H17ClN6O2S. The van der Waals surface area contributed by atoms with Crippen molar-refractivity contribution in [1.29, 1.82) is 0 Å². The molecule has 0 atom stereocenters. The van der Waals surface area contributed by atoms with Crippen molar-refractivity contribution in [2.24, 2.45) is 0 Å². The van der Waals surface area contributed by atoms with E-state index >= 15 is 0 Å². The summed E-state index contributed by atoms with van der Waals surface area (Å²) in [5, 5.41) is 9.12. The zero-order valence-corrected chi connectivity index (χ0v) is 17.4. The first-order valence-corrected chi connectivity index (χ1v) is 10.6. The van der Waals surface area contributed by atoms with Gasteiger partial charge < -0.3 is 14.3 Å². The van der Waals surface area contributed by atoms with Gasteiger partial charge in [-0.1, -0.05) is 28.9 Å². The van der Waals surface area contributed by atoms with Crippen LogP contribution in [0.3, 0.4) is 0 Å². The number of carbonyl (C=O) groups is 1. The zero-order valence-electron chi connectivity index (χ0n) is 15.8. The quantitative estimate of drug-likeness (QED) is 0.509. The number of nitrogens with zero attached hydrogens (tertiary/aromatic N) is 5. The van der Waals surface area contributed by atoms with Crippen LogP contribution in [-0.4, -0.2) is 51.6 Å². The molecule has 1 aliphatic heterocycles. The van der Waals surface area contributed by atoms with Crippen molar-refractivity contribution in [3.8, 4) is 11.4 Å². The molecule has 1 fully saturated rings. The lowest BCUT2D eigenvalue weighted by atomic mass is 10.2. The van der Waals surface area contributed by atoms with Crippen molar-refractivity contribution in [3.63, 3.8) is 0 Å². The van der Waals surface area contributed by atoms with Gasteiger partial charge in [-0.2, -0.15) is 9.36 Å². The van der Waals surface area contributed by atoms with Crippen LogP contribution in [0.1, 0.15) is 0 Å². The number of piperazine rings is 1. The van der Waals surface area contributed by atoms with Gasteiger partial charge in [0.25, 0.3) is 0 Å². The van der Waals surface area contributed by atoms with Crippen LogP contribution in [0, 0.1) is 0 Å². The molecule has 0 unspecified atom stereocenters. The molecule has 4 aromatic rings. The second-order valence-electron chi connectivity index (χ2n) is 6.84. The molecule has 10 heteroatoms. The third-order valence-corrected chi connectivity index (χ3v) is 5.99. The van der Waals surface area contributed by atoms with Crippen molar-refractivity contribution in [3.05, 3.63) is 53.6 Å². The fourth-order valence-electron chi connectivity index (χ4n) is 3.32. The molecule has 0 saturated carbocycles. The van der Waals surface area contributed by atoms with Gasteiger partial charge in [-0.3, -0.25) is 5.32 Å². The predicted molar refractivity (Wildman–Crippen MR) is 117 cm³/mol. The van der Waals surface area contributed by atoms with Crippen LogP contribution < -0.4 is 10.2 Å². The second kappa shape index (κ2) is 7.92. The highest BCUT2D eigenvalue weighted by Gasteiger charge is 2.24. The van der Waals surface area contributed by atoms with E-state index in [4.69, 9.17) is 16.1 Å². The first-order chi connectivity index (χ1) is 14.7. The summed E-state index contributed by atoms with van der Waals surface area (Å²) in [5.74, 6) is 1.12. The largest absolute Gasteiger partial charge is 0.354 e. The van der Waals surface area contributed by atoms with Crippen LogP contribution in [0.15, 0.2) is 53.1 Å². The summed E-state index contributed by atoms with van der Waals surface area (Å²) in [7, 11) is 0. The Kier molecular flexibility index (Phi) is 4.97. The molecule has 1 N–H and O–H groups in total. The number of nitrogens with one attached hydrogen (secondary N) is 1. The summed E-state index contributed by atoms with van der Waals surface area (Å²) in [6.45, 7) is 2.53. The second-order valence-corrected chi connectivity index (χ2v) is 8.01. The molecule has 1 saturated heterocycles. The lowest BCUT2D eigenvalue weighted by Crippen LogP contribution is -2.50. The highest BCUT2D eigenvalue weighted by Crippen LogP contribution is 2.26. The molecule has 0 bridgehead atoms. The Morgan fingerprint density at radius 1 is 1.07 bits per heavy atom. The number of carbonyl (C=O) groups excluding carboxylic acids is 1. The van der Waals surface area contributed by atoms with Crippen molar-refractivity contribution in [1.82, 2.24) is 19.4 Å². The Hall–Kier alpha value is -3.17. The number of hydrogen-bond acceptors (Lipinski definition) is 7. The van der Waals surface area contributed by atoms with Crippen molar-refractivity contribution >= 4 is 51.1 Å². The standard InChI is InChI=1S/C20H17ClN6O2S/c21-14-7-5-13(6-8-14)17-23-20(30-25-17)27-11-9-26(10-12-27)19(28)22-18-15-3-1-2-4-16(15)29-24-18/h1-8H,9-12H2,(H,22,24,28). The van der Waals surface area contributed by atoms with Gasteiger partial charge in [0.15, 0.2) is 17.2 Å². The molecule has 0 radical (unpaired) electrons. The number of para-hydroxylation sites is 1. The Labute approximate surface area is 181 Å². The third-order valence-electron chi connectivity index (χ3n) is 4.96. The molecule has 2 aromatic carbocycles. The summed E-state index contributed by atoms with van der Waals surface area (Å²) in [5.41, 5.74) is 1.57. The van der Waals surface area contributed by atoms with E-state index in [-0.39, 0.29) is 6.03 Å². The number of fused-ring (bicyclic) bond motifs is 1. The van der Waals surface area contributed by atoms with E-state index in [1.807, 2.05) is 48.5 Å². The van der Waals surface area contributed by atoms with Crippen molar-refractivity contribution in [2.75, 3.05) is 36.4 Å². The molecule has 3 heterocycles. The van der Waals surface area contributed by atoms with Crippen LogP contribution in [0.4, 0.5) is 15.7 Å². The van der Waals surface area contributed by atoms with Gasteiger partial charge >= 0.3 is 6.03 Å². The number of halogens is 1. The lowest BCUT2D eigenvalue weighted by Gasteiger charge is -2.34. The highest BCUT2D eigenvalue weighted by molar-refractivity contribution is 7.09. The molecule has 5 rings (SSSR count). The van der Waals surface area contributed by atoms with Crippen LogP contribution in [-0.2, 0) is 0 Å². The number of benzene rings is 2. The molecular weight excluding hydrogens is 424 g/mol. The minimum absolute atomic E-state index is 0.187. The number of amides is 2. The van der Waals surface area contributed by atoms with Crippen LogP contribution in [0.2, 0.25) is 5.02 Å². The fraction of sp³-hybridized carbons (Fsp3) is 0.200. The van der Waals surface area contributed by atoms with Gasteiger partial charge in [-0.05, 0) is 36.4 Å². The average molecular weight is 441 g/mol. The minimum atomic E-state index is -0.187. The maximum absolute atomic E-state index is 12.6. The van der Waals surface area contributed by atoms with E-state index in [0.29, 0.717) is 48.4 Å². The van der Waals surface area contributed by atoms with E-state index in [0.717, 1.165) is 16.1 Å². The van der Waals surface area contributed by atoms with E-state index in [1.165, 1.54) is 11.5 Å². The monoisotopic (exact) mass is 440 g/mol. The molecule has 0 spiro atoms. The Balaban J connectivity index is 1.21. The Morgan fingerprint density at radius 3 is 2.63 bits per heavy atom. The topological polar surface area (TPSA) is 87.4 Å². The molecule has 2 aromatic heterocycles. The normalized spacial score (nSPS) is 14.3. The Morgan fingerprint density at radius 2 is 1.83 bits per heavy atom. The summed E-state index contributed by atoms with van der Waals surface area (Å²) < 4.78 is 9.70. The SMILES string of the molecule is O=C(Nc1noc2ccccc12)N1CCN(c2nc(-c3ccc(Cl)cc3)ns2)CC1. The number of anilines is 2. The van der Waals surface area contributed by atoms with Crippen LogP contribution >= 0.6 is 23.1 Å². The van der Waals surface area contributed by atoms with Gasteiger partial charge in [-0.25, -0.2) is 4.79 Å². The first kappa shape index (κ1) is 18.8. The zero-order chi connectivity index (χ0) is 20.5. The van der Waals surface area contributed by atoms with Crippen molar-refractivity contribution in [2.45, 2.75) is 0 Å². The minimum Gasteiger partial charge on any atom is -0.354 e. The van der Waals surface area contributed by atoms with E-state index in [2.05, 4.69) is 24.7 Å². The molecule has 8 nitrogen and oxygen atoms in total. The summed E-state index contributed by atoms with van der Waals surface area (Å²) in [4.78, 5) is 21.2. The maximum atomic E-state index is 12.6. The Bertz CT molecular complexity index is 1180. The number of aromatic nitrogens is 3. The highest BCUT2D eigenvalue weighted by atomic mass is 35.5. The average Bonchev–Trinajstić information content (AvgIpc) is 3.42. The van der Waals surface area contributed by atoms with Gasteiger partial charge in [0.2, 0.25) is 5.13 Å². The molecule has 30 heavy (non-hydrogen) atoms. The molecule has 2 amide bonds. The van der Waals surface area contributed by atoms with Crippen LogP contribution in [0.25, 0.3) is 22.4 Å². The van der Waals surface area contributed by atoms with E-state index < -0.39 is 0 Å². The maximum Gasteiger partial charge on any atom is 0.323 e. The van der Waals surface area contributed by atoms with Gasteiger partial charge in [0.05, 0.1) is 5.39 Å². The summed E-state index contributed by atoms with van der Waals surface area (Å²) >= 11 is 7.31. The van der Waals surface area contributed by atoms with Gasteiger partial charge in [-0.15, -0.1) is 0 Å². The molecule has 0 aliphatic carbocycles. The number of hydrogen-bond donors (Lipinski definition) is 1. The van der Waals surface area contributed by atoms with Gasteiger partial charge in [0.1, 0.15) is 0 Å². The summed E-state index contributed by atoms with van der Waals surface area (Å²) in [6, 6.07) is 14.7. The molecule has 1 aliphatic rings. The number of urea groups is 1. The predicted octanol–water partition coefficient (Wildman–Crippen LogP) is 4.35. The number of rotatable bonds is 3. The molecule has 152 valence electrons. The van der Waals surface area contributed by atoms with E-state index in [1.54, 1.807) is 4.90 Å². The van der Waals surface area contributed by atoms with Crippen molar-refractivity contribution < 1.29 is 9.32 Å². The van der Waals surface area contributed by atoms with Gasteiger partial charge in [0, 0.05) is 48.3 Å². The smallest absolute Gasteiger partial charge is 0.323 e. The van der Waals surface area contributed by atoms with Crippen LogP contribution in [0.5, 0.6) is 0 Å². The first-order valence-electron chi connectivity index (χ1n) is 9.42. The summed E-state index contributed by atoms with van der Waals surface area (Å²) in [6.07, 6.45) is 0. The third kappa shape index (κ3) is 3.69. The van der Waals surface area contributed by atoms with E-state index in [9.17, 15) is 4.79 Å². The lowest BCUT2D eigenvalue weighted by molar-refractivity contribution is 0.208.